The van der Waals surface area contributed by atoms with E-state index < -0.39 is 23.5 Å². The van der Waals surface area contributed by atoms with Crippen LogP contribution in [-0.2, 0) is 14.3 Å². The predicted molar refractivity (Wildman–Crippen MR) is 86.2 cm³/mol. The Hall–Kier alpha value is -2.06. The monoisotopic (exact) mass is 356 g/mol. The molecule has 138 valence electrons. The van der Waals surface area contributed by atoms with Crippen molar-refractivity contribution in [2.75, 3.05) is 53.0 Å². The Morgan fingerprint density at radius 3 is 2.56 bits per heavy atom. The minimum absolute atomic E-state index is 0.0367. The zero-order chi connectivity index (χ0) is 18.2. The van der Waals surface area contributed by atoms with Gasteiger partial charge in [-0.1, -0.05) is 0 Å². The maximum absolute atomic E-state index is 13.4. The lowest BCUT2D eigenvalue weighted by Gasteiger charge is -2.30. The van der Waals surface area contributed by atoms with Gasteiger partial charge in [-0.15, -0.1) is 0 Å². The largest absolute Gasteiger partial charge is 0.469 e. The van der Waals surface area contributed by atoms with Crippen molar-refractivity contribution < 1.29 is 27.8 Å². The molecule has 0 unspecified atom stereocenters. The highest BCUT2D eigenvalue weighted by atomic mass is 19.2. The summed E-state index contributed by atoms with van der Waals surface area (Å²) < 4.78 is 36.4. The summed E-state index contributed by atoms with van der Waals surface area (Å²) in [5.74, 6) is -2.97. The van der Waals surface area contributed by atoms with E-state index in [9.17, 15) is 18.4 Å². The predicted octanol–water partition coefficient (Wildman–Crippen LogP) is 1.30. The van der Waals surface area contributed by atoms with Crippen LogP contribution in [0, 0.1) is 11.6 Å². The first kappa shape index (κ1) is 19.3. The fraction of sp³-hybridized carbons (Fsp3) is 0.529. The number of benzene rings is 1. The van der Waals surface area contributed by atoms with Crippen LogP contribution < -0.4 is 0 Å². The molecule has 0 saturated carbocycles. The third-order valence-electron chi connectivity index (χ3n) is 4.06. The Labute approximate surface area is 145 Å². The minimum Gasteiger partial charge on any atom is -0.469 e. The number of esters is 1. The highest BCUT2D eigenvalue weighted by Crippen LogP contribution is 2.12. The number of hydrogen-bond acceptors (Lipinski definition) is 5. The van der Waals surface area contributed by atoms with Crippen molar-refractivity contribution in [3.05, 3.63) is 35.4 Å². The summed E-state index contributed by atoms with van der Waals surface area (Å²) in [5, 5.41) is 0. The number of ether oxygens (including phenoxy) is 2. The molecule has 0 aromatic heterocycles. The number of carbonyl (C=O) groups excluding carboxylic acids is 2. The Balaban J connectivity index is 2.04. The fourth-order valence-corrected chi connectivity index (χ4v) is 2.54. The normalized spacial score (nSPS) is 15.0. The first-order valence-corrected chi connectivity index (χ1v) is 8.12. The van der Waals surface area contributed by atoms with E-state index in [1.165, 1.54) is 18.1 Å². The van der Waals surface area contributed by atoms with Gasteiger partial charge in [-0.3, -0.25) is 14.5 Å². The van der Waals surface area contributed by atoms with Crippen molar-refractivity contribution in [2.24, 2.45) is 0 Å². The molecule has 0 N–H and O–H groups in total. The molecule has 6 nitrogen and oxygen atoms in total. The highest BCUT2D eigenvalue weighted by molar-refractivity contribution is 5.94. The standard InChI is InChI=1S/C17H22F2N2O4/c1-24-16(22)4-5-21(7-6-20-8-10-25-11-9-20)17(23)13-2-3-14(18)15(19)12-13/h2-3,12H,4-11H2,1H3. The molecular weight excluding hydrogens is 334 g/mol. The number of morpholine rings is 1. The molecule has 0 aliphatic carbocycles. The molecule has 0 bridgehead atoms. The number of methoxy groups -OCH3 is 1. The van der Waals surface area contributed by atoms with Gasteiger partial charge >= 0.3 is 5.97 Å². The van der Waals surface area contributed by atoms with Gasteiger partial charge in [0, 0.05) is 38.3 Å². The fourth-order valence-electron chi connectivity index (χ4n) is 2.54. The van der Waals surface area contributed by atoms with Gasteiger partial charge in [0.15, 0.2) is 11.6 Å². The third kappa shape index (κ3) is 5.75. The Morgan fingerprint density at radius 2 is 1.92 bits per heavy atom. The van der Waals surface area contributed by atoms with Crippen LogP contribution in [0.2, 0.25) is 0 Å². The van der Waals surface area contributed by atoms with Gasteiger partial charge in [0.1, 0.15) is 0 Å². The Bertz CT molecular complexity index is 606. The molecule has 1 aliphatic rings. The molecule has 1 saturated heterocycles. The number of rotatable bonds is 7. The van der Waals surface area contributed by atoms with Crippen LogP contribution in [0.25, 0.3) is 0 Å². The third-order valence-corrected chi connectivity index (χ3v) is 4.06. The minimum atomic E-state index is -1.08. The number of hydrogen-bond donors (Lipinski definition) is 0. The summed E-state index contributed by atoms with van der Waals surface area (Å²) in [6.07, 6.45) is 0.0367. The number of carbonyl (C=O) groups is 2. The van der Waals surface area contributed by atoms with Crippen LogP contribution in [0.3, 0.4) is 0 Å². The summed E-state index contributed by atoms with van der Waals surface area (Å²) in [5.41, 5.74) is 0.0470. The van der Waals surface area contributed by atoms with Crippen LogP contribution in [0.4, 0.5) is 8.78 Å². The van der Waals surface area contributed by atoms with E-state index in [0.29, 0.717) is 26.3 Å². The van der Waals surface area contributed by atoms with Gasteiger partial charge in [-0.2, -0.15) is 0 Å². The van der Waals surface area contributed by atoms with Gasteiger partial charge in [0.25, 0.3) is 5.91 Å². The summed E-state index contributed by atoms with van der Waals surface area (Å²) >= 11 is 0. The molecule has 0 radical (unpaired) electrons. The second-order valence-corrected chi connectivity index (χ2v) is 5.70. The van der Waals surface area contributed by atoms with Crippen molar-refractivity contribution in [1.29, 1.82) is 0 Å². The van der Waals surface area contributed by atoms with Crippen LogP contribution in [0.15, 0.2) is 18.2 Å². The van der Waals surface area contributed by atoms with E-state index >= 15 is 0 Å². The van der Waals surface area contributed by atoms with E-state index in [-0.39, 0.29) is 18.5 Å². The number of amides is 1. The quantitative estimate of drug-likeness (QED) is 0.690. The van der Waals surface area contributed by atoms with Gasteiger partial charge in [0.2, 0.25) is 0 Å². The first-order valence-electron chi connectivity index (χ1n) is 8.12. The van der Waals surface area contributed by atoms with E-state index in [1.807, 2.05) is 0 Å². The molecule has 1 heterocycles. The number of nitrogens with zero attached hydrogens (tertiary/aromatic N) is 2. The van der Waals surface area contributed by atoms with Crippen LogP contribution in [0.5, 0.6) is 0 Å². The molecule has 1 fully saturated rings. The molecule has 1 aromatic carbocycles. The zero-order valence-electron chi connectivity index (χ0n) is 14.2. The molecule has 2 rings (SSSR count). The van der Waals surface area contributed by atoms with Gasteiger partial charge in [0.05, 0.1) is 26.7 Å². The highest BCUT2D eigenvalue weighted by Gasteiger charge is 2.20. The van der Waals surface area contributed by atoms with E-state index in [4.69, 9.17) is 4.74 Å². The molecule has 0 atom stereocenters. The van der Waals surface area contributed by atoms with Gasteiger partial charge in [-0.25, -0.2) is 8.78 Å². The van der Waals surface area contributed by atoms with Gasteiger partial charge < -0.3 is 14.4 Å². The lowest BCUT2D eigenvalue weighted by Crippen LogP contribution is -2.43. The second-order valence-electron chi connectivity index (χ2n) is 5.70. The van der Waals surface area contributed by atoms with E-state index in [2.05, 4.69) is 9.64 Å². The number of halogens is 2. The van der Waals surface area contributed by atoms with E-state index in [0.717, 1.165) is 25.2 Å². The van der Waals surface area contributed by atoms with Crippen LogP contribution in [-0.4, -0.2) is 74.7 Å². The molecule has 1 aromatic rings. The lowest BCUT2D eigenvalue weighted by atomic mass is 10.1. The van der Waals surface area contributed by atoms with Crippen molar-refractivity contribution in [2.45, 2.75) is 6.42 Å². The Kier molecular flexibility index (Phi) is 7.27. The second kappa shape index (κ2) is 9.43. The van der Waals surface area contributed by atoms with E-state index in [1.54, 1.807) is 0 Å². The molecule has 1 amide bonds. The Morgan fingerprint density at radius 1 is 1.20 bits per heavy atom. The SMILES string of the molecule is COC(=O)CCN(CCN1CCOCC1)C(=O)c1ccc(F)c(F)c1. The maximum Gasteiger partial charge on any atom is 0.307 e. The summed E-state index contributed by atoms with van der Waals surface area (Å²) in [7, 11) is 1.28. The van der Waals surface area contributed by atoms with Crippen molar-refractivity contribution in [1.82, 2.24) is 9.80 Å². The van der Waals surface area contributed by atoms with Gasteiger partial charge in [-0.05, 0) is 18.2 Å². The van der Waals surface area contributed by atoms with Crippen molar-refractivity contribution in [3.63, 3.8) is 0 Å². The first-order chi connectivity index (χ1) is 12.0. The average Bonchev–Trinajstić information content (AvgIpc) is 2.64. The van der Waals surface area contributed by atoms with Crippen LogP contribution in [0.1, 0.15) is 16.8 Å². The topological polar surface area (TPSA) is 59.1 Å². The lowest BCUT2D eigenvalue weighted by molar-refractivity contribution is -0.140. The smallest absolute Gasteiger partial charge is 0.307 e. The molecule has 1 aliphatic heterocycles. The van der Waals surface area contributed by atoms with Crippen LogP contribution >= 0.6 is 0 Å². The molecule has 25 heavy (non-hydrogen) atoms. The van der Waals surface area contributed by atoms with Crippen molar-refractivity contribution in [3.8, 4) is 0 Å². The zero-order valence-corrected chi connectivity index (χ0v) is 14.2. The summed E-state index contributed by atoms with van der Waals surface area (Å²) in [6.45, 7) is 3.94. The average molecular weight is 356 g/mol. The summed E-state index contributed by atoms with van der Waals surface area (Å²) in [4.78, 5) is 27.6. The molecule has 0 spiro atoms. The molecular formula is C17H22F2N2O4. The maximum atomic E-state index is 13.4. The molecule has 8 heteroatoms. The summed E-state index contributed by atoms with van der Waals surface area (Å²) in [6, 6.07) is 3.03. The van der Waals surface area contributed by atoms with Crippen molar-refractivity contribution >= 4 is 11.9 Å².